The first-order valence-electron chi connectivity index (χ1n) is 3.20. The molecule has 8 heteroatoms. The van der Waals surface area contributed by atoms with Crippen molar-refractivity contribution in [2.24, 2.45) is 0 Å². The second-order valence-corrected chi connectivity index (χ2v) is 5.25. The first-order valence-corrected chi connectivity index (χ1v) is 5.89. The van der Waals surface area contributed by atoms with Gasteiger partial charge in [0.15, 0.2) is 0 Å². The third-order valence-corrected chi connectivity index (χ3v) is 2.88. The third-order valence-electron chi connectivity index (χ3n) is 1.32. The molecule has 0 radical (unpaired) electrons. The van der Waals surface area contributed by atoms with Crippen LogP contribution in [0, 0.1) is 0 Å². The first kappa shape index (κ1) is 11.6. The minimum Gasteiger partial charge on any atom is -0.252 e. The van der Waals surface area contributed by atoms with Gasteiger partial charge in [-0.1, -0.05) is 11.6 Å². The van der Waals surface area contributed by atoms with Crippen molar-refractivity contribution >= 4 is 31.3 Å². The van der Waals surface area contributed by atoms with Crippen LogP contribution >= 0.6 is 22.3 Å². The Morgan fingerprint density at radius 2 is 2.00 bits per heavy atom. The van der Waals surface area contributed by atoms with Crippen molar-refractivity contribution in [2.75, 3.05) is 0 Å². The van der Waals surface area contributed by atoms with Crippen LogP contribution in [0.5, 0.6) is 0 Å². The monoisotopic (exact) mass is 261 g/mol. The highest BCUT2D eigenvalue weighted by atomic mass is 35.7. The number of hydrogen-bond acceptors (Lipinski definition) is 3. The minimum absolute atomic E-state index is 0.0753. The van der Waals surface area contributed by atoms with Crippen LogP contribution in [0.2, 0.25) is 5.02 Å². The van der Waals surface area contributed by atoms with E-state index >= 15 is 0 Å². The number of aromatic nitrogens is 1. The van der Waals surface area contributed by atoms with Crippen LogP contribution in [-0.2, 0) is 9.05 Å². The maximum absolute atomic E-state index is 12.3. The van der Waals surface area contributed by atoms with Crippen LogP contribution in [0.25, 0.3) is 0 Å². The van der Waals surface area contributed by atoms with Gasteiger partial charge in [0.1, 0.15) is 10.6 Å². The number of alkyl halides is 2. The average molecular weight is 262 g/mol. The van der Waals surface area contributed by atoms with E-state index < -0.39 is 26.1 Å². The van der Waals surface area contributed by atoms with Gasteiger partial charge < -0.3 is 0 Å². The third kappa shape index (κ3) is 2.52. The molecule has 0 N–H and O–H groups in total. The summed E-state index contributed by atoms with van der Waals surface area (Å²) in [7, 11) is 0.664. The van der Waals surface area contributed by atoms with Crippen molar-refractivity contribution in [3.63, 3.8) is 0 Å². The summed E-state index contributed by atoms with van der Waals surface area (Å²) in [4.78, 5) is 2.44. The number of pyridine rings is 1. The van der Waals surface area contributed by atoms with Crippen molar-refractivity contribution in [2.45, 2.75) is 11.3 Å². The SMILES string of the molecule is O=S(=O)(Cl)c1cc(Cl)cnc1C(F)F. The Balaban J connectivity index is 3.46. The molecule has 1 heterocycles. The summed E-state index contributed by atoms with van der Waals surface area (Å²) >= 11 is 5.40. The molecule has 3 nitrogen and oxygen atoms in total. The molecule has 78 valence electrons. The highest BCUT2D eigenvalue weighted by Crippen LogP contribution is 2.28. The zero-order valence-electron chi connectivity index (χ0n) is 6.42. The van der Waals surface area contributed by atoms with Crippen LogP contribution in [0.3, 0.4) is 0 Å². The summed E-state index contributed by atoms with van der Waals surface area (Å²) in [6, 6.07) is 0.832. The summed E-state index contributed by atoms with van der Waals surface area (Å²) in [6.45, 7) is 0. The lowest BCUT2D eigenvalue weighted by atomic mass is 10.3. The fourth-order valence-corrected chi connectivity index (χ4v) is 2.04. The zero-order valence-corrected chi connectivity index (χ0v) is 8.74. The van der Waals surface area contributed by atoms with Crippen molar-refractivity contribution in [3.05, 3.63) is 23.0 Å². The molecule has 0 aliphatic rings. The molecule has 0 unspecified atom stereocenters. The Morgan fingerprint density at radius 1 is 1.43 bits per heavy atom. The first-order chi connectivity index (χ1) is 6.32. The molecule has 0 aliphatic carbocycles. The second-order valence-electron chi connectivity index (χ2n) is 2.28. The molecule has 0 aromatic carbocycles. The molecule has 0 saturated heterocycles. The molecule has 0 bridgehead atoms. The normalized spacial score (nSPS) is 12.1. The van der Waals surface area contributed by atoms with E-state index in [1.165, 1.54) is 0 Å². The van der Waals surface area contributed by atoms with Crippen molar-refractivity contribution in [1.29, 1.82) is 0 Å². The van der Waals surface area contributed by atoms with Crippen LogP contribution < -0.4 is 0 Å². The van der Waals surface area contributed by atoms with E-state index in [1.807, 2.05) is 0 Å². The van der Waals surface area contributed by atoms with Crippen molar-refractivity contribution in [3.8, 4) is 0 Å². The van der Waals surface area contributed by atoms with E-state index in [2.05, 4.69) is 4.98 Å². The van der Waals surface area contributed by atoms with E-state index in [0.29, 0.717) is 0 Å². The average Bonchev–Trinajstić information content (AvgIpc) is 2.01. The van der Waals surface area contributed by atoms with Crippen LogP contribution in [0.1, 0.15) is 12.1 Å². The molecular formula is C6H3Cl2F2NO2S. The Kier molecular flexibility index (Phi) is 3.28. The van der Waals surface area contributed by atoms with E-state index in [0.717, 1.165) is 12.3 Å². The Labute approximate surface area is 88.1 Å². The van der Waals surface area contributed by atoms with Gasteiger partial charge in [-0.2, -0.15) is 0 Å². The topological polar surface area (TPSA) is 47.0 Å². The van der Waals surface area contributed by atoms with Crippen LogP contribution in [-0.4, -0.2) is 13.4 Å². The van der Waals surface area contributed by atoms with Crippen LogP contribution in [0.15, 0.2) is 17.2 Å². The van der Waals surface area contributed by atoms with Gasteiger partial charge in [-0.05, 0) is 6.07 Å². The number of halogens is 4. The van der Waals surface area contributed by atoms with E-state index in [1.54, 1.807) is 0 Å². The maximum Gasteiger partial charge on any atom is 0.281 e. The van der Waals surface area contributed by atoms with E-state index in [-0.39, 0.29) is 5.02 Å². The lowest BCUT2D eigenvalue weighted by Gasteiger charge is -2.04. The van der Waals surface area contributed by atoms with Gasteiger partial charge in [0, 0.05) is 16.9 Å². The number of nitrogens with zero attached hydrogens (tertiary/aromatic N) is 1. The quantitative estimate of drug-likeness (QED) is 0.769. The smallest absolute Gasteiger partial charge is 0.252 e. The molecule has 0 aliphatic heterocycles. The highest BCUT2D eigenvalue weighted by molar-refractivity contribution is 8.13. The Morgan fingerprint density at radius 3 is 2.43 bits per heavy atom. The fraction of sp³-hybridized carbons (Fsp3) is 0.167. The molecule has 0 saturated carbocycles. The summed E-state index contributed by atoms with van der Waals surface area (Å²) in [5.41, 5.74) is -0.899. The van der Waals surface area contributed by atoms with E-state index in [9.17, 15) is 17.2 Å². The molecule has 0 spiro atoms. The molecule has 0 amide bonds. The standard InChI is InChI=1S/C6H3Cl2F2NO2S/c7-3-1-4(14(8,12)13)5(6(9)10)11-2-3/h1-2,6H. The van der Waals surface area contributed by atoms with Gasteiger partial charge in [-0.15, -0.1) is 0 Å². The second kappa shape index (κ2) is 3.96. The minimum atomic E-state index is -4.26. The largest absolute Gasteiger partial charge is 0.281 e. The fourth-order valence-electron chi connectivity index (χ4n) is 0.790. The summed E-state index contributed by atoms with van der Waals surface area (Å²) in [5.74, 6) is 0. The number of rotatable bonds is 2. The van der Waals surface area contributed by atoms with Crippen molar-refractivity contribution in [1.82, 2.24) is 4.98 Å². The van der Waals surface area contributed by atoms with Gasteiger partial charge in [-0.25, -0.2) is 17.2 Å². The van der Waals surface area contributed by atoms with Gasteiger partial charge in [-0.3, -0.25) is 4.98 Å². The predicted molar refractivity (Wildman–Crippen MR) is 47.2 cm³/mol. The Bertz CT molecular complexity index is 449. The molecular weight excluding hydrogens is 259 g/mol. The summed E-state index contributed by atoms with van der Waals surface area (Å²) < 4.78 is 46.2. The molecule has 14 heavy (non-hydrogen) atoms. The molecule has 1 aromatic heterocycles. The summed E-state index contributed by atoms with van der Waals surface area (Å²) in [5, 5.41) is -0.0753. The lowest BCUT2D eigenvalue weighted by Crippen LogP contribution is -2.01. The van der Waals surface area contributed by atoms with Gasteiger partial charge in [0.25, 0.3) is 15.5 Å². The van der Waals surface area contributed by atoms with Gasteiger partial charge in [0.05, 0.1) is 5.02 Å². The van der Waals surface area contributed by atoms with Crippen molar-refractivity contribution < 1.29 is 17.2 Å². The summed E-state index contributed by atoms with van der Waals surface area (Å²) in [6.07, 6.45) is -2.09. The van der Waals surface area contributed by atoms with Crippen LogP contribution in [0.4, 0.5) is 8.78 Å². The maximum atomic E-state index is 12.3. The zero-order chi connectivity index (χ0) is 10.9. The molecule has 0 fully saturated rings. The molecule has 0 atom stereocenters. The van der Waals surface area contributed by atoms with E-state index in [4.69, 9.17) is 22.3 Å². The lowest BCUT2D eigenvalue weighted by molar-refractivity contribution is 0.142. The highest BCUT2D eigenvalue weighted by Gasteiger charge is 2.23. The molecule has 1 rings (SSSR count). The number of hydrogen-bond donors (Lipinski definition) is 0. The predicted octanol–water partition coefficient (Wildman–Crippen LogP) is 2.60. The Hall–Kier alpha value is -0.460. The molecule has 1 aromatic rings. The van der Waals surface area contributed by atoms with Gasteiger partial charge in [0.2, 0.25) is 0 Å². The van der Waals surface area contributed by atoms with Gasteiger partial charge >= 0.3 is 0 Å².